The average Bonchev–Trinajstić information content (AvgIpc) is 3.73. The van der Waals surface area contributed by atoms with Gasteiger partial charge in [0.1, 0.15) is 17.7 Å². The minimum Gasteiger partial charge on any atom is -0.455 e. The Hall–Kier alpha value is -3.55. The van der Waals surface area contributed by atoms with Gasteiger partial charge in [-0.2, -0.15) is 0 Å². The molecule has 274 valence electrons. The molecule has 2 aromatic rings. The summed E-state index contributed by atoms with van der Waals surface area (Å²) < 4.78 is 18.5. The van der Waals surface area contributed by atoms with Crippen LogP contribution in [0.2, 0.25) is 5.02 Å². The highest BCUT2D eigenvalue weighted by Gasteiger charge is 2.77. The largest absolute Gasteiger partial charge is 0.455 e. The van der Waals surface area contributed by atoms with E-state index in [0.29, 0.717) is 29.1 Å². The number of hydrogen-bond acceptors (Lipinski definition) is 8. The van der Waals surface area contributed by atoms with Crippen LogP contribution in [0.1, 0.15) is 44.3 Å². The summed E-state index contributed by atoms with van der Waals surface area (Å²) in [5, 5.41) is 13.9. The Bertz CT molecular complexity index is 1590. The standard InChI is InChI=1S/C38H45BrClN3O8/c1-5-8-14-29(45)41-28(22-49-4)32(23-12-10-9-11-13-23)50-37(48)30-31-35(46)43(25(7-3)21-44)34(38(31)20-27(39)33(30)51-38)36(47)42(19-6-2)26-17-15-24(40)16-18-26/h5-6,9-13,15-18,25,27-28,30-34,44H,1-2,7-8,14,19-22H2,3-4H3,(H,41,45)/t25-,27?,28-,30-,31+,32-,33-,34-,38+/m0/s1. The molecule has 2 aromatic carbocycles. The van der Waals surface area contributed by atoms with Gasteiger partial charge in [0.15, 0.2) is 0 Å². The number of anilines is 1. The molecule has 0 aromatic heterocycles. The van der Waals surface area contributed by atoms with Crippen molar-refractivity contribution in [3.05, 3.63) is 90.5 Å². The fraction of sp³-hybridized carbons (Fsp3) is 0.474. The second-order valence-corrected chi connectivity index (χ2v) is 14.7. The Balaban J connectivity index is 1.54. The van der Waals surface area contributed by atoms with Gasteiger partial charge < -0.3 is 34.4 Å². The van der Waals surface area contributed by atoms with Crippen LogP contribution >= 0.6 is 27.5 Å². The van der Waals surface area contributed by atoms with Crippen LogP contribution < -0.4 is 10.2 Å². The third-order valence-corrected chi connectivity index (χ3v) is 11.1. The molecular weight excluding hydrogens is 742 g/mol. The van der Waals surface area contributed by atoms with Crippen molar-refractivity contribution in [3.8, 4) is 0 Å². The van der Waals surface area contributed by atoms with Crippen LogP contribution in [0, 0.1) is 11.8 Å². The van der Waals surface area contributed by atoms with Gasteiger partial charge in [0.25, 0.3) is 5.91 Å². The zero-order valence-corrected chi connectivity index (χ0v) is 31.1. The number of ether oxygens (including phenoxy) is 3. The lowest BCUT2D eigenvalue weighted by atomic mass is 9.70. The second-order valence-electron chi connectivity index (χ2n) is 13.1. The van der Waals surface area contributed by atoms with Crippen molar-refractivity contribution in [1.29, 1.82) is 0 Å². The maximum Gasteiger partial charge on any atom is 0.313 e. The number of nitrogens with zero attached hydrogens (tertiary/aromatic N) is 2. The lowest BCUT2D eigenvalue weighted by Crippen LogP contribution is -2.59. The molecule has 3 saturated heterocycles. The first-order valence-electron chi connectivity index (χ1n) is 17.1. The summed E-state index contributed by atoms with van der Waals surface area (Å²) in [5.74, 6) is -4.03. The molecule has 0 saturated carbocycles. The number of aliphatic hydroxyl groups is 1. The van der Waals surface area contributed by atoms with E-state index < -0.39 is 77.0 Å². The highest BCUT2D eigenvalue weighted by atomic mass is 79.9. The SMILES string of the molecule is C=CCCC(=O)N[C@@H](COC)[C@@H](OC(=O)[C@@H]1[C@H]2O[C@@]3(CC2Br)[C@H](C(=O)N(CC=C)c2ccc(Cl)cc2)N([C@@H](CC)CO)C(=O)[C@@H]13)c1ccccc1. The third-order valence-electron chi connectivity index (χ3n) is 10.0. The van der Waals surface area contributed by atoms with Gasteiger partial charge in [-0.15, -0.1) is 13.2 Å². The smallest absolute Gasteiger partial charge is 0.313 e. The molecule has 3 heterocycles. The maximum atomic E-state index is 14.8. The second kappa shape index (κ2) is 16.9. The van der Waals surface area contributed by atoms with Crippen LogP contribution in [0.5, 0.6) is 0 Å². The Morgan fingerprint density at radius 3 is 2.49 bits per heavy atom. The molecule has 3 fully saturated rings. The van der Waals surface area contributed by atoms with Crippen molar-refractivity contribution in [2.24, 2.45) is 11.8 Å². The lowest BCUT2D eigenvalue weighted by molar-refractivity contribution is -0.163. The van der Waals surface area contributed by atoms with Crippen molar-refractivity contribution in [2.45, 2.75) is 73.4 Å². The molecule has 2 N–H and O–H groups in total. The monoisotopic (exact) mass is 785 g/mol. The first-order valence-corrected chi connectivity index (χ1v) is 18.4. The number of likely N-dealkylation sites (tertiary alicyclic amines) is 1. The summed E-state index contributed by atoms with van der Waals surface area (Å²) in [5.41, 5.74) is -0.247. The van der Waals surface area contributed by atoms with Gasteiger partial charge in [0.2, 0.25) is 11.8 Å². The molecule has 2 bridgehead atoms. The number of allylic oxidation sites excluding steroid dienone is 1. The number of methoxy groups -OCH3 is 1. The van der Waals surface area contributed by atoms with Crippen molar-refractivity contribution in [3.63, 3.8) is 0 Å². The van der Waals surface area contributed by atoms with E-state index in [9.17, 15) is 24.3 Å². The number of nitrogens with one attached hydrogen (secondary N) is 1. The first-order chi connectivity index (χ1) is 24.6. The summed E-state index contributed by atoms with van der Waals surface area (Å²) in [4.78, 5) is 59.5. The minimum atomic E-state index is -1.40. The highest BCUT2D eigenvalue weighted by Crippen LogP contribution is 2.61. The molecule has 3 aliphatic heterocycles. The predicted molar refractivity (Wildman–Crippen MR) is 196 cm³/mol. The van der Waals surface area contributed by atoms with Crippen LogP contribution in [-0.4, -0.2) is 95.2 Å². The maximum absolute atomic E-state index is 14.8. The Morgan fingerprint density at radius 1 is 1.18 bits per heavy atom. The van der Waals surface area contributed by atoms with Crippen LogP contribution in [0.25, 0.3) is 0 Å². The van der Waals surface area contributed by atoms with Crippen molar-refractivity contribution >= 4 is 56.9 Å². The number of rotatable bonds is 17. The molecule has 13 heteroatoms. The van der Waals surface area contributed by atoms with Crippen molar-refractivity contribution < 1.29 is 38.5 Å². The summed E-state index contributed by atoms with van der Waals surface area (Å²) in [6.07, 6.45) is 2.74. The number of fused-ring (bicyclic) bond motifs is 1. The minimum absolute atomic E-state index is 0.0352. The molecule has 5 rings (SSSR count). The number of esters is 1. The molecule has 0 aliphatic carbocycles. The molecule has 9 atom stereocenters. The number of carbonyl (C=O) groups excluding carboxylic acids is 4. The summed E-state index contributed by atoms with van der Waals surface area (Å²) in [6, 6.07) is 13.1. The van der Waals surface area contributed by atoms with Crippen LogP contribution in [0.4, 0.5) is 5.69 Å². The number of benzene rings is 2. The van der Waals surface area contributed by atoms with Gasteiger partial charge in [-0.05, 0) is 49.1 Å². The fourth-order valence-electron chi connectivity index (χ4n) is 7.77. The molecule has 1 spiro atoms. The lowest BCUT2D eigenvalue weighted by Gasteiger charge is -2.39. The normalized spacial score (nSPS) is 26.6. The average molecular weight is 787 g/mol. The van der Waals surface area contributed by atoms with Crippen molar-refractivity contribution in [1.82, 2.24) is 10.2 Å². The Kier molecular flexibility index (Phi) is 12.8. The molecule has 11 nitrogen and oxygen atoms in total. The van der Waals surface area contributed by atoms with Gasteiger partial charge in [-0.25, -0.2) is 0 Å². The van der Waals surface area contributed by atoms with Crippen LogP contribution in [0.3, 0.4) is 0 Å². The molecule has 51 heavy (non-hydrogen) atoms. The number of alkyl halides is 1. The quantitative estimate of drug-likeness (QED) is 0.133. The number of carbonyl (C=O) groups is 4. The molecule has 3 aliphatic rings. The first kappa shape index (κ1) is 38.7. The molecule has 3 amide bonds. The fourth-order valence-corrected chi connectivity index (χ4v) is 8.84. The Morgan fingerprint density at radius 2 is 1.88 bits per heavy atom. The number of halogens is 2. The van der Waals surface area contributed by atoms with E-state index in [2.05, 4.69) is 34.4 Å². The molecular formula is C38H45BrClN3O8. The van der Waals surface area contributed by atoms with Gasteiger partial charge in [0.05, 0.1) is 43.2 Å². The number of aliphatic hydroxyl groups excluding tert-OH is 1. The highest BCUT2D eigenvalue weighted by molar-refractivity contribution is 9.09. The van der Waals surface area contributed by atoms with Gasteiger partial charge >= 0.3 is 5.97 Å². The zero-order chi connectivity index (χ0) is 36.9. The van der Waals surface area contributed by atoms with E-state index in [-0.39, 0.29) is 31.9 Å². The van der Waals surface area contributed by atoms with E-state index in [1.165, 1.54) is 16.9 Å². The third kappa shape index (κ3) is 7.52. The number of hydrogen-bond donors (Lipinski definition) is 2. The summed E-state index contributed by atoms with van der Waals surface area (Å²) in [6.45, 7) is 9.12. The molecule has 1 unspecified atom stereocenters. The van der Waals surface area contributed by atoms with Crippen LogP contribution in [0.15, 0.2) is 79.9 Å². The van der Waals surface area contributed by atoms with E-state index in [1.54, 1.807) is 60.7 Å². The van der Waals surface area contributed by atoms with E-state index in [4.69, 9.17) is 25.8 Å². The zero-order valence-electron chi connectivity index (χ0n) is 28.8. The van der Waals surface area contributed by atoms with Gasteiger partial charge in [0, 0.05) is 35.6 Å². The molecule has 0 radical (unpaired) electrons. The van der Waals surface area contributed by atoms with E-state index in [0.717, 1.165) is 0 Å². The topological polar surface area (TPSA) is 135 Å². The number of amides is 3. The van der Waals surface area contributed by atoms with Gasteiger partial charge in [-0.1, -0.05) is 76.9 Å². The van der Waals surface area contributed by atoms with Crippen LogP contribution in [-0.2, 0) is 33.4 Å². The summed E-state index contributed by atoms with van der Waals surface area (Å²) >= 11 is 9.87. The predicted octanol–water partition coefficient (Wildman–Crippen LogP) is 4.76. The summed E-state index contributed by atoms with van der Waals surface area (Å²) in [7, 11) is 1.49. The Labute approximate surface area is 312 Å². The van der Waals surface area contributed by atoms with Crippen molar-refractivity contribution in [2.75, 3.05) is 31.8 Å². The van der Waals surface area contributed by atoms with Gasteiger partial charge in [-0.3, -0.25) is 19.2 Å². The van der Waals surface area contributed by atoms with E-state index in [1.807, 2.05) is 13.0 Å². The van der Waals surface area contributed by atoms with E-state index >= 15 is 0 Å².